The molecule has 0 aliphatic heterocycles. The van der Waals surface area contributed by atoms with Crippen LogP contribution in [0.25, 0.3) is 0 Å². The number of aliphatic hydroxyl groups excluding tert-OH is 1. The van der Waals surface area contributed by atoms with Crippen LogP contribution in [0.3, 0.4) is 0 Å². The fraction of sp³-hybridized carbons (Fsp3) is 0.375. The smallest absolute Gasteiger partial charge is 0.130 e. The van der Waals surface area contributed by atoms with Gasteiger partial charge in [-0.15, -0.1) is 0 Å². The van der Waals surface area contributed by atoms with Crippen molar-refractivity contribution < 1.29 is 5.11 Å². The molecule has 0 fully saturated rings. The van der Waals surface area contributed by atoms with E-state index in [1.54, 1.807) is 0 Å². The van der Waals surface area contributed by atoms with Crippen LogP contribution in [0.1, 0.15) is 17.1 Å². The van der Waals surface area contributed by atoms with Gasteiger partial charge >= 0.3 is 0 Å². The Labute approximate surface area is 125 Å². The number of nitrogens with two attached hydrogens (primary N) is 1. The van der Waals surface area contributed by atoms with Gasteiger partial charge in [0.2, 0.25) is 0 Å². The van der Waals surface area contributed by atoms with Crippen LogP contribution < -0.4 is 11.1 Å². The molecule has 1 aromatic carbocycles. The highest BCUT2D eigenvalue weighted by Gasteiger charge is 2.07. The molecule has 2 aromatic rings. The summed E-state index contributed by atoms with van der Waals surface area (Å²) in [7, 11) is 0. The second-order valence-corrected chi connectivity index (χ2v) is 5.05. The highest BCUT2D eigenvalue weighted by molar-refractivity contribution is 5.36. The molecule has 1 atom stereocenters. The first kappa shape index (κ1) is 15.4. The molecule has 0 radical (unpaired) electrons. The van der Waals surface area contributed by atoms with Gasteiger partial charge in [0, 0.05) is 31.1 Å². The van der Waals surface area contributed by atoms with Gasteiger partial charge in [0.15, 0.2) is 0 Å². The van der Waals surface area contributed by atoms with Crippen molar-refractivity contribution in [3.8, 4) is 0 Å². The molecule has 0 saturated carbocycles. The highest BCUT2D eigenvalue weighted by atomic mass is 16.3. The summed E-state index contributed by atoms with van der Waals surface area (Å²) >= 11 is 0. The molecule has 1 heterocycles. The molecule has 5 nitrogen and oxygen atoms in total. The van der Waals surface area contributed by atoms with Crippen molar-refractivity contribution in [3.05, 3.63) is 53.5 Å². The van der Waals surface area contributed by atoms with Crippen molar-refractivity contribution in [2.75, 3.05) is 18.4 Å². The van der Waals surface area contributed by atoms with Crippen LogP contribution in [-0.4, -0.2) is 34.3 Å². The Morgan fingerprint density at radius 3 is 2.71 bits per heavy atom. The minimum absolute atomic E-state index is 0.452. The van der Waals surface area contributed by atoms with Crippen LogP contribution in [0.4, 0.5) is 5.82 Å². The molecule has 21 heavy (non-hydrogen) atoms. The number of nitrogens with one attached hydrogen (secondary N) is 1. The number of aliphatic hydroxyl groups is 1. The third-order valence-corrected chi connectivity index (χ3v) is 3.12. The van der Waals surface area contributed by atoms with Crippen molar-refractivity contribution in [2.45, 2.75) is 25.9 Å². The van der Waals surface area contributed by atoms with Crippen molar-refractivity contribution in [1.82, 2.24) is 9.97 Å². The summed E-state index contributed by atoms with van der Waals surface area (Å²) in [6, 6.07) is 11.8. The number of rotatable bonds is 7. The normalized spacial score (nSPS) is 12.1. The van der Waals surface area contributed by atoms with Gasteiger partial charge in [-0.05, 0) is 19.0 Å². The largest absolute Gasteiger partial charge is 0.391 e. The maximum Gasteiger partial charge on any atom is 0.130 e. The lowest BCUT2D eigenvalue weighted by Gasteiger charge is -2.13. The maximum absolute atomic E-state index is 10.1. The monoisotopic (exact) mass is 286 g/mol. The molecule has 2 rings (SSSR count). The highest BCUT2D eigenvalue weighted by Crippen LogP contribution is 2.08. The fourth-order valence-corrected chi connectivity index (χ4v) is 2.18. The lowest BCUT2D eigenvalue weighted by Crippen LogP contribution is -2.22. The third kappa shape index (κ3) is 5.13. The molecule has 4 N–H and O–H groups in total. The molecule has 5 heteroatoms. The summed E-state index contributed by atoms with van der Waals surface area (Å²) in [6.07, 6.45) is 0.888. The van der Waals surface area contributed by atoms with E-state index in [9.17, 15) is 5.11 Å². The van der Waals surface area contributed by atoms with Crippen LogP contribution in [0, 0.1) is 6.92 Å². The minimum Gasteiger partial charge on any atom is -0.391 e. The van der Waals surface area contributed by atoms with E-state index in [1.807, 2.05) is 43.3 Å². The molecule has 0 unspecified atom stereocenters. The molecular weight excluding hydrogens is 264 g/mol. The lowest BCUT2D eigenvalue weighted by molar-refractivity contribution is 0.188. The zero-order chi connectivity index (χ0) is 15.1. The summed E-state index contributed by atoms with van der Waals surface area (Å²) < 4.78 is 0. The Hall–Kier alpha value is -1.98. The second kappa shape index (κ2) is 7.71. The summed E-state index contributed by atoms with van der Waals surface area (Å²) in [5, 5.41) is 13.2. The van der Waals surface area contributed by atoms with E-state index < -0.39 is 6.10 Å². The summed E-state index contributed by atoms with van der Waals surface area (Å²) in [5.74, 6) is 1.44. The van der Waals surface area contributed by atoms with Crippen LogP contribution in [0.2, 0.25) is 0 Å². The average Bonchev–Trinajstić information content (AvgIpc) is 2.46. The van der Waals surface area contributed by atoms with Crippen LogP contribution in [0.15, 0.2) is 36.4 Å². The standard InChI is InChI=1S/C16H22N4O/c1-12-19-14(7-8-17)10-16(20-12)18-11-15(21)9-13-5-3-2-4-6-13/h2-6,10,15,21H,7-9,11,17H2,1H3,(H,18,19,20)/t15-/m1/s1. The predicted molar refractivity (Wildman–Crippen MR) is 84.2 cm³/mol. The Balaban J connectivity index is 1.90. The van der Waals surface area contributed by atoms with Crippen molar-refractivity contribution in [1.29, 1.82) is 0 Å². The number of aromatic nitrogens is 2. The van der Waals surface area contributed by atoms with Gasteiger partial charge in [0.05, 0.1) is 6.10 Å². The SMILES string of the molecule is Cc1nc(CCN)cc(NC[C@H](O)Cc2ccccc2)n1. The number of hydrogen-bond donors (Lipinski definition) is 3. The van der Waals surface area contributed by atoms with Gasteiger partial charge in [-0.1, -0.05) is 30.3 Å². The fourth-order valence-electron chi connectivity index (χ4n) is 2.18. The molecule has 1 aromatic heterocycles. The number of anilines is 1. The van der Waals surface area contributed by atoms with E-state index in [1.165, 1.54) is 0 Å². The van der Waals surface area contributed by atoms with E-state index in [-0.39, 0.29) is 0 Å². The minimum atomic E-state index is -0.458. The van der Waals surface area contributed by atoms with E-state index in [2.05, 4.69) is 15.3 Å². The first-order valence-electron chi connectivity index (χ1n) is 7.18. The van der Waals surface area contributed by atoms with Gasteiger partial charge < -0.3 is 16.2 Å². The van der Waals surface area contributed by atoms with Gasteiger partial charge in [-0.25, -0.2) is 9.97 Å². The molecule has 0 saturated heterocycles. The van der Waals surface area contributed by atoms with Gasteiger partial charge in [-0.3, -0.25) is 0 Å². The number of aryl methyl sites for hydroxylation is 1. The Kier molecular flexibility index (Phi) is 5.66. The summed E-state index contributed by atoms with van der Waals surface area (Å²) in [4.78, 5) is 8.65. The van der Waals surface area contributed by atoms with Gasteiger partial charge in [0.1, 0.15) is 11.6 Å². The van der Waals surface area contributed by atoms with Crippen molar-refractivity contribution >= 4 is 5.82 Å². The number of nitrogens with zero attached hydrogens (tertiary/aromatic N) is 2. The zero-order valence-electron chi connectivity index (χ0n) is 12.3. The zero-order valence-corrected chi connectivity index (χ0v) is 12.3. The van der Waals surface area contributed by atoms with Crippen LogP contribution in [-0.2, 0) is 12.8 Å². The number of hydrogen-bond acceptors (Lipinski definition) is 5. The molecular formula is C16H22N4O. The summed E-state index contributed by atoms with van der Waals surface area (Å²) in [5.41, 5.74) is 7.59. The Morgan fingerprint density at radius 1 is 1.24 bits per heavy atom. The quantitative estimate of drug-likeness (QED) is 0.714. The van der Waals surface area contributed by atoms with Gasteiger partial charge in [0.25, 0.3) is 0 Å². The second-order valence-electron chi connectivity index (χ2n) is 5.05. The van der Waals surface area contributed by atoms with E-state index >= 15 is 0 Å². The van der Waals surface area contributed by atoms with Crippen molar-refractivity contribution in [2.24, 2.45) is 5.73 Å². The molecule has 0 aliphatic rings. The molecule has 112 valence electrons. The van der Waals surface area contributed by atoms with E-state index in [0.29, 0.717) is 25.3 Å². The Bertz CT molecular complexity index is 559. The Morgan fingerprint density at radius 2 is 2.00 bits per heavy atom. The number of benzene rings is 1. The first-order chi connectivity index (χ1) is 10.2. The van der Waals surface area contributed by atoms with E-state index in [0.717, 1.165) is 23.5 Å². The third-order valence-electron chi connectivity index (χ3n) is 3.12. The predicted octanol–water partition coefficient (Wildman–Crippen LogP) is 1.30. The molecule has 0 amide bonds. The topological polar surface area (TPSA) is 84.1 Å². The van der Waals surface area contributed by atoms with Crippen LogP contribution in [0.5, 0.6) is 0 Å². The van der Waals surface area contributed by atoms with Crippen molar-refractivity contribution in [3.63, 3.8) is 0 Å². The van der Waals surface area contributed by atoms with Gasteiger partial charge in [-0.2, -0.15) is 0 Å². The van der Waals surface area contributed by atoms with Crippen LogP contribution >= 0.6 is 0 Å². The molecule has 0 spiro atoms. The van der Waals surface area contributed by atoms with E-state index in [4.69, 9.17) is 5.73 Å². The molecule has 0 aliphatic carbocycles. The molecule has 0 bridgehead atoms. The lowest BCUT2D eigenvalue weighted by atomic mass is 10.1. The summed E-state index contributed by atoms with van der Waals surface area (Å²) in [6.45, 7) is 2.87. The average molecular weight is 286 g/mol. The maximum atomic E-state index is 10.1. The first-order valence-corrected chi connectivity index (χ1v) is 7.18.